The van der Waals surface area contributed by atoms with Gasteiger partial charge >= 0.3 is 5.97 Å². The molecule has 2 aromatic heterocycles. The molecule has 0 fully saturated rings. The van der Waals surface area contributed by atoms with E-state index in [9.17, 15) is 9.59 Å². The van der Waals surface area contributed by atoms with Gasteiger partial charge in [-0.1, -0.05) is 29.8 Å². The van der Waals surface area contributed by atoms with Crippen LogP contribution >= 0.6 is 11.3 Å². The predicted molar refractivity (Wildman–Crippen MR) is 99.1 cm³/mol. The van der Waals surface area contributed by atoms with Crippen molar-refractivity contribution in [1.82, 2.24) is 25.2 Å². The van der Waals surface area contributed by atoms with Gasteiger partial charge in [-0.3, -0.25) is 9.59 Å². The molecule has 0 atom stereocenters. The van der Waals surface area contributed by atoms with Crippen LogP contribution in [0.4, 0.5) is 5.13 Å². The number of carbonyl (C=O) groups excluding carboxylic acids is 2. The highest BCUT2D eigenvalue weighted by Gasteiger charge is 2.13. The zero-order valence-corrected chi connectivity index (χ0v) is 15.7. The number of anilines is 1. The molecule has 0 bridgehead atoms. The zero-order valence-electron chi connectivity index (χ0n) is 14.9. The van der Waals surface area contributed by atoms with Crippen molar-refractivity contribution in [1.29, 1.82) is 0 Å². The van der Waals surface area contributed by atoms with Crippen LogP contribution in [0.15, 0.2) is 29.6 Å². The average molecular weight is 386 g/mol. The second kappa shape index (κ2) is 8.49. The lowest BCUT2D eigenvalue weighted by atomic mass is 10.1. The Hall–Kier alpha value is -3.14. The van der Waals surface area contributed by atoms with Crippen LogP contribution in [0.25, 0.3) is 11.4 Å². The maximum Gasteiger partial charge on any atom is 0.311 e. The normalized spacial score (nSPS) is 10.6. The number of benzene rings is 1. The van der Waals surface area contributed by atoms with Gasteiger partial charge in [0, 0.05) is 10.9 Å². The molecule has 0 spiro atoms. The quantitative estimate of drug-likeness (QED) is 0.617. The molecule has 10 heteroatoms. The molecule has 0 saturated carbocycles. The molecule has 0 radical (unpaired) electrons. The number of carbonyl (C=O) groups is 2. The Morgan fingerprint density at radius 2 is 2.04 bits per heavy atom. The van der Waals surface area contributed by atoms with Gasteiger partial charge in [0.2, 0.25) is 11.7 Å². The van der Waals surface area contributed by atoms with Crippen molar-refractivity contribution in [2.24, 2.45) is 0 Å². The smallest absolute Gasteiger partial charge is 0.311 e. The Balaban J connectivity index is 1.56. The number of tetrazole rings is 1. The first-order valence-corrected chi connectivity index (χ1v) is 9.16. The van der Waals surface area contributed by atoms with Crippen molar-refractivity contribution in [3.8, 4) is 11.4 Å². The van der Waals surface area contributed by atoms with Gasteiger partial charge in [-0.2, -0.15) is 4.80 Å². The standard InChI is InChI=1S/C17H18N6O3S/c1-3-26-15(25)8-13-10-27-17(18-13)19-14(24)9-23-21-16(20-22-23)12-6-4-11(2)5-7-12/h4-7,10H,3,8-9H2,1-2H3,(H,18,19,24). The second-order valence-corrected chi connectivity index (χ2v) is 6.54. The second-order valence-electron chi connectivity index (χ2n) is 5.68. The molecule has 3 rings (SSSR count). The van der Waals surface area contributed by atoms with Crippen LogP contribution in [-0.2, 0) is 27.3 Å². The Kier molecular flexibility index (Phi) is 5.87. The fourth-order valence-electron chi connectivity index (χ4n) is 2.22. The summed E-state index contributed by atoms with van der Waals surface area (Å²) in [6.07, 6.45) is 0.0742. The van der Waals surface area contributed by atoms with E-state index in [1.165, 1.54) is 16.1 Å². The van der Waals surface area contributed by atoms with Gasteiger partial charge in [-0.15, -0.1) is 21.5 Å². The highest BCUT2D eigenvalue weighted by molar-refractivity contribution is 7.13. The van der Waals surface area contributed by atoms with E-state index in [0.717, 1.165) is 11.1 Å². The van der Waals surface area contributed by atoms with Crippen molar-refractivity contribution in [3.05, 3.63) is 40.9 Å². The summed E-state index contributed by atoms with van der Waals surface area (Å²) in [6, 6.07) is 7.72. The molecule has 0 saturated heterocycles. The van der Waals surface area contributed by atoms with Gasteiger partial charge in [-0.05, 0) is 19.1 Å². The molecule has 2 heterocycles. The summed E-state index contributed by atoms with van der Waals surface area (Å²) in [4.78, 5) is 29.0. The van der Waals surface area contributed by atoms with E-state index in [1.54, 1.807) is 12.3 Å². The summed E-state index contributed by atoms with van der Waals surface area (Å²) in [5.41, 5.74) is 2.52. The number of thiazole rings is 1. The van der Waals surface area contributed by atoms with Crippen LogP contribution < -0.4 is 5.32 Å². The molecular formula is C17H18N6O3S. The summed E-state index contributed by atoms with van der Waals surface area (Å²) in [5.74, 6) is -0.232. The van der Waals surface area contributed by atoms with E-state index in [0.29, 0.717) is 23.3 Å². The molecule has 140 valence electrons. The van der Waals surface area contributed by atoms with Crippen molar-refractivity contribution in [2.75, 3.05) is 11.9 Å². The van der Waals surface area contributed by atoms with E-state index >= 15 is 0 Å². The van der Waals surface area contributed by atoms with Gasteiger partial charge in [0.1, 0.15) is 6.54 Å². The van der Waals surface area contributed by atoms with Crippen molar-refractivity contribution < 1.29 is 14.3 Å². The summed E-state index contributed by atoms with van der Waals surface area (Å²) in [7, 11) is 0. The molecule has 1 N–H and O–H groups in total. The predicted octanol–water partition coefficient (Wildman–Crippen LogP) is 1.85. The Morgan fingerprint density at radius 1 is 1.26 bits per heavy atom. The van der Waals surface area contributed by atoms with Crippen LogP contribution in [0, 0.1) is 6.92 Å². The van der Waals surface area contributed by atoms with Gasteiger partial charge in [0.15, 0.2) is 5.13 Å². The number of rotatable bonds is 7. The van der Waals surface area contributed by atoms with E-state index < -0.39 is 0 Å². The van der Waals surface area contributed by atoms with Crippen molar-refractivity contribution in [3.63, 3.8) is 0 Å². The van der Waals surface area contributed by atoms with Gasteiger partial charge in [-0.25, -0.2) is 4.98 Å². The highest BCUT2D eigenvalue weighted by Crippen LogP contribution is 2.16. The summed E-state index contributed by atoms with van der Waals surface area (Å²) >= 11 is 1.24. The third-order valence-electron chi connectivity index (χ3n) is 3.48. The third-order valence-corrected chi connectivity index (χ3v) is 4.28. The van der Waals surface area contributed by atoms with Crippen LogP contribution in [0.2, 0.25) is 0 Å². The Bertz CT molecular complexity index is 934. The number of aromatic nitrogens is 5. The minimum absolute atomic E-state index is 0.0742. The molecule has 27 heavy (non-hydrogen) atoms. The minimum atomic E-state index is -0.351. The zero-order chi connectivity index (χ0) is 19.2. The number of nitrogens with zero attached hydrogens (tertiary/aromatic N) is 5. The number of esters is 1. The summed E-state index contributed by atoms with van der Waals surface area (Å²) in [6.45, 7) is 3.97. The molecule has 0 aliphatic carbocycles. The number of hydrogen-bond acceptors (Lipinski definition) is 8. The van der Waals surface area contributed by atoms with Crippen molar-refractivity contribution >= 4 is 28.3 Å². The monoisotopic (exact) mass is 386 g/mol. The lowest BCUT2D eigenvalue weighted by Crippen LogP contribution is -2.20. The summed E-state index contributed by atoms with van der Waals surface area (Å²) in [5, 5.41) is 16.8. The van der Waals surface area contributed by atoms with Crippen LogP contribution in [0.1, 0.15) is 18.2 Å². The third kappa shape index (κ3) is 5.17. The van der Waals surface area contributed by atoms with E-state index in [-0.39, 0.29) is 24.8 Å². The first-order chi connectivity index (χ1) is 13.0. The topological polar surface area (TPSA) is 112 Å². The summed E-state index contributed by atoms with van der Waals surface area (Å²) < 4.78 is 4.87. The molecule has 1 amide bonds. The van der Waals surface area contributed by atoms with Gasteiger partial charge in [0.25, 0.3) is 0 Å². The van der Waals surface area contributed by atoms with Crippen molar-refractivity contribution in [2.45, 2.75) is 26.8 Å². The number of amides is 1. The lowest BCUT2D eigenvalue weighted by molar-refractivity contribution is -0.142. The minimum Gasteiger partial charge on any atom is -0.466 e. The maximum absolute atomic E-state index is 12.1. The number of hydrogen-bond donors (Lipinski definition) is 1. The fraction of sp³-hybridized carbons (Fsp3) is 0.294. The van der Waals surface area contributed by atoms with Crippen LogP contribution in [-0.4, -0.2) is 43.7 Å². The van der Waals surface area contributed by atoms with Crippen LogP contribution in [0.5, 0.6) is 0 Å². The number of nitrogens with one attached hydrogen (secondary N) is 1. The number of aryl methyl sites for hydroxylation is 1. The first-order valence-electron chi connectivity index (χ1n) is 8.28. The van der Waals surface area contributed by atoms with Crippen LogP contribution in [0.3, 0.4) is 0 Å². The largest absolute Gasteiger partial charge is 0.466 e. The van der Waals surface area contributed by atoms with E-state index in [1.807, 2.05) is 31.2 Å². The average Bonchev–Trinajstić information content (AvgIpc) is 3.25. The number of ether oxygens (including phenoxy) is 1. The fourth-order valence-corrected chi connectivity index (χ4v) is 2.95. The van der Waals surface area contributed by atoms with E-state index in [2.05, 4.69) is 25.7 Å². The Labute approximate surface area is 159 Å². The SMILES string of the molecule is CCOC(=O)Cc1csc(NC(=O)Cn2nnc(-c3ccc(C)cc3)n2)n1. The Morgan fingerprint density at radius 3 is 2.78 bits per heavy atom. The highest BCUT2D eigenvalue weighted by atomic mass is 32.1. The first kappa shape index (κ1) is 18.6. The molecule has 0 unspecified atom stereocenters. The molecular weight excluding hydrogens is 368 g/mol. The molecule has 3 aromatic rings. The molecule has 1 aromatic carbocycles. The maximum atomic E-state index is 12.1. The van der Waals surface area contributed by atoms with E-state index in [4.69, 9.17) is 4.74 Å². The lowest BCUT2D eigenvalue weighted by Gasteiger charge is -2.00. The molecule has 9 nitrogen and oxygen atoms in total. The van der Waals surface area contributed by atoms with Gasteiger partial charge < -0.3 is 10.1 Å². The van der Waals surface area contributed by atoms with Gasteiger partial charge in [0.05, 0.1) is 18.7 Å². The molecule has 0 aliphatic heterocycles. The molecule has 0 aliphatic rings.